The molecule has 3 aromatic carbocycles. The summed E-state index contributed by atoms with van der Waals surface area (Å²) in [6.45, 7) is 2.16. The molecular formula is C24H24ClNO4. The Balaban J connectivity index is 1.94. The van der Waals surface area contributed by atoms with E-state index < -0.39 is 0 Å². The van der Waals surface area contributed by atoms with E-state index in [1.54, 1.807) is 37.3 Å². The molecule has 156 valence electrons. The average Bonchev–Trinajstić information content (AvgIpc) is 2.77. The highest BCUT2D eigenvalue weighted by molar-refractivity contribution is 6.31. The van der Waals surface area contributed by atoms with Crippen LogP contribution in [0.1, 0.15) is 18.1 Å². The topological polar surface area (TPSA) is 48.0 Å². The van der Waals surface area contributed by atoms with Crippen LogP contribution in [0, 0.1) is 0 Å². The van der Waals surface area contributed by atoms with E-state index in [2.05, 4.69) is 0 Å². The third kappa shape index (κ3) is 5.24. The maximum atomic E-state index is 12.6. The van der Waals surface area contributed by atoms with E-state index in [1.165, 1.54) is 6.92 Å². The smallest absolute Gasteiger partial charge is 0.224 e. The first kappa shape index (κ1) is 21.5. The maximum Gasteiger partial charge on any atom is 0.224 e. The summed E-state index contributed by atoms with van der Waals surface area (Å²) in [5.74, 6) is 1.77. The Hall–Kier alpha value is -3.18. The molecule has 30 heavy (non-hydrogen) atoms. The Labute approximate surface area is 181 Å². The van der Waals surface area contributed by atoms with Crippen LogP contribution in [0.15, 0.2) is 66.7 Å². The van der Waals surface area contributed by atoms with E-state index >= 15 is 0 Å². The van der Waals surface area contributed by atoms with Crippen molar-refractivity contribution in [1.82, 2.24) is 0 Å². The second kappa shape index (κ2) is 10.0. The summed E-state index contributed by atoms with van der Waals surface area (Å²) in [5, 5.41) is 0.515. The van der Waals surface area contributed by atoms with Gasteiger partial charge in [-0.1, -0.05) is 41.9 Å². The lowest BCUT2D eigenvalue weighted by Gasteiger charge is -2.25. The summed E-state index contributed by atoms with van der Waals surface area (Å²) >= 11 is 6.25. The number of ether oxygens (including phenoxy) is 3. The first-order valence-corrected chi connectivity index (χ1v) is 9.85. The van der Waals surface area contributed by atoms with E-state index in [9.17, 15) is 4.79 Å². The van der Waals surface area contributed by atoms with E-state index in [1.807, 2.05) is 48.5 Å². The van der Waals surface area contributed by atoms with Crippen LogP contribution in [0.4, 0.5) is 5.69 Å². The van der Waals surface area contributed by atoms with E-state index in [4.69, 9.17) is 25.8 Å². The summed E-state index contributed by atoms with van der Waals surface area (Å²) in [6, 6.07) is 20.6. The first-order valence-electron chi connectivity index (χ1n) is 9.47. The summed E-state index contributed by atoms with van der Waals surface area (Å²) in [5.41, 5.74) is 2.43. The fourth-order valence-corrected chi connectivity index (χ4v) is 3.27. The molecule has 0 unspecified atom stereocenters. The van der Waals surface area contributed by atoms with Crippen molar-refractivity contribution >= 4 is 23.2 Å². The molecule has 0 atom stereocenters. The minimum absolute atomic E-state index is 0.147. The van der Waals surface area contributed by atoms with Crippen molar-refractivity contribution in [2.75, 3.05) is 19.1 Å². The van der Waals surface area contributed by atoms with Gasteiger partial charge in [-0.3, -0.25) is 4.79 Å². The Kier molecular flexibility index (Phi) is 7.20. The van der Waals surface area contributed by atoms with Crippen LogP contribution in [0.2, 0.25) is 5.02 Å². The maximum absolute atomic E-state index is 12.6. The molecule has 0 fully saturated rings. The SMILES string of the molecule is COc1ccc(OC)c(CN(C(C)=O)c2cc(Cl)ccc2OCc2ccccc2)c1. The first-order chi connectivity index (χ1) is 14.5. The molecule has 6 heteroatoms. The lowest BCUT2D eigenvalue weighted by Crippen LogP contribution is -2.28. The average molecular weight is 426 g/mol. The minimum atomic E-state index is -0.147. The molecule has 3 rings (SSSR count). The highest BCUT2D eigenvalue weighted by atomic mass is 35.5. The Bertz CT molecular complexity index is 1010. The van der Waals surface area contributed by atoms with Gasteiger partial charge < -0.3 is 19.1 Å². The monoisotopic (exact) mass is 425 g/mol. The molecule has 0 heterocycles. The fourth-order valence-electron chi connectivity index (χ4n) is 3.10. The number of carbonyl (C=O) groups is 1. The fraction of sp³-hybridized carbons (Fsp3) is 0.208. The Morgan fingerprint density at radius 2 is 1.67 bits per heavy atom. The van der Waals surface area contributed by atoms with Crippen LogP contribution in [0.3, 0.4) is 0 Å². The third-order valence-corrected chi connectivity index (χ3v) is 4.88. The lowest BCUT2D eigenvalue weighted by atomic mass is 10.1. The van der Waals surface area contributed by atoms with Crippen LogP contribution < -0.4 is 19.1 Å². The number of rotatable bonds is 8. The molecule has 0 saturated carbocycles. The van der Waals surface area contributed by atoms with Gasteiger partial charge in [-0.15, -0.1) is 0 Å². The number of nitrogens with zero attached hydrogens (tertiary/aromatic N) is 1. The van der Waals surface area contributed by atoms with Crippen molar-refractivity contribution in [3.8, 4) is 17.2 Å². The van der Waals surface area contributed by atoms with Crippen molar-refractivity contribution in [3.05, 3.63) is 82.9 Å². The number of hydrogen-bond acceptors (Lipinski definition) is 4. The molecule has 0 aliphatic rings. The highest BCUT2D eigenvalue weighted by Crippen LogP contribution is 2.35. The zero-order valence-electron chi connectivity index (χ0n) is 17.2. The molecule has 0 saturated heterocycles. The molecule has 0 aromatic heterocycles. The molecule has 5 nitrogen and oxygen atoms in total. The van der Waals surface area contributed by atoms with Crippen molar-refractivity contribution in [3.63, 3.8) is 0 Å². The largest absolute Gasteiger partial charge is 0.497 e. The highest BCUT2D eigenvalue weighted by Gasteiger charge is 2.20. The molecule has 0 radical (unpaired) electrons. The number of anilines is 1. The molecule has 3 aromatic rings. The van der Waals surface area contributed by atoms with Gasteiger partial charge in [0, 0.05) is 17.5 Å². The van der Waals surface area contributed by atoms with Crippen molar-refractivity contribution < 1.29 is 19.0 Å². The van der Waals surface area contributed by atoms with E-state index in [-0.39, 0.29) is 12.5 Å². The van der Waals surface area contributed by atoms with E-state index in [0.717, 1.165) is 11.1 Å². The Morgan fingerprint density at radius 3 is 2.33 bits per heavy atom. The zero-order chi connectivity index (χ0) is 21.5. The molecule has 0 aliphatic carbocycles. The number of methoxy groups -OCH3 is 2. The predicted molar refractivity (Wildman–Crippen MR) is 119 cm³/mol. The van der Waals surface area contributed by atoms with Gasteiger partial charge in [0.15, 0.2) is 0 Å². The molecule has 0 spiro atoms. The van der Waals surface area contributed by atoms with Crippen LogP contribution in [0.5, 0.6) is 17.2 Å². The van der Waals surface area contributed by atoms with Crippen molar-refractivity contribution in [2.45, 2.75) is 20.1 Å². The lowest BCUT2D eigenvalue weighted by molar-refractivity contribution is -0.116. The van der Waals surface area contributed by atoms with Crippen LogP contribution in [-0.4, -0.2) is 20.1 Å². The summed E-state index contributed by atoms with van der Waals surface area (Å²) < 4.78 is 16.8. The van der Waals surface area contributed by atoms with Gasteiger partial charge in [0.2, 0.25) is 5.91 Å². The van der Waals surface area contributed by atoms with Crippen LogP contribution >= 0.6 is 11.6 Å². The number of halogens is 1. The van der Waals surface area contributed by atoms with Gasteiger partial charge in [0.25, 0.3) is 0 Å². The summed E-state index contributed by atoms with van der Waals surface area (Å²) in [4.78, 5) is 14.2. The third-order valence-electron chi connectivity index (χ3n) is 4.65. The number of benzene rings is 3. The van der Waals surface area contributed by atoms with Gasteiger partial charge >= 0.3 is 0 Å². The second-order valence-electron chi connectivity index (χ2n) is 6.67. The number of amides is 1. The summed E-state index contributed by atoms with van der Waals surface area (Å²) in [7, 11) is 3.19. The van der Waals surface area contributed by atoms with Crippen LogP contribution in [-0.2, 0) is 17.9 Å². The molecule has 0 bridgehead atoms. The molecule has 0 aliphatic heterocycles. The van der Waals surface area contributed by atoms with Crippen molar-refractivity contribution in [1.29, 1.82) is 0 Å². The number of hydrogen-bond donors (Lipinski definition) is 0. The quantitative estimate of drug-likeness (QED) is 0.478. The zero-order valence-corrected chi connectivity index (χ0v) is 18.0. The van der Waals surface area contributed by atoms with Gasteiger partial charge in [-0.05, 0) is 42.0 Å². The van der Waals surface area contributed by atoms with Gasteiger partial charge in [-0.2, -0.15) is 0 Å². The van der Waals surface area contributed by atoms with Gasteiger partial charge in [-0.25, -0.2) is 0 Å². The van der Waals surface area contributed by atoms with E-state index in [0.29, 0.717) is 34.6 Å². The predicted octanol–water partition coefficient (Wildman–Crippen LogP) is 5.49. The standard InChI is InChI=1S/C24H24ClNO4/c1-17(27)26(15-19-13-21(28-2)10-12-23(19)29-3)22-14-20(25)9-11-24(22)30-16-18-7-5-4-6-8-18/h4-14H,15-16H2,1-3H3. The van der Waals surface area contributed by atoms with Gasteiger partial charge in [0.1, 0.15) is 23.9 Å². The molecular weight excluding hydrogens is 402 g/mol. The minimum Gasteiger partial charge on any atom is -0.497 e. The normalized spacial score (nSPS) is 10.4. The van der Waals surface area contributed by atoms with Crippen molar-refractivity contribution in [2.24, 2.45) is 0 Å². The second-order valence-corrected chi connectivity index (χ2v) is 7.11. The number of carbonyl (C=O) groups excluding carboxylic acids is 1. The Morgan fingerprint density at radius 1 is 0.933 bits per heavy atom. The van der Waals surface area contributed by atoms with Crippen LogP contribution in [0.25, 0.3) is 0 Å². The molecule has 1 amide bonds. The summed E-state index contributed by atoms with van der Waals surface area (Å²) in [6.07, 6.45) is 0. The van der Waals surface area contributed by atoms with Gasteiger partial charge in [0.05, 0.1) is 26.5 Å². The molecule has 0 N–H and O–H groups in total.